The van der Waals surface area contributed by atoms with E-state index in [4.69, 9.17) is 16.7 Å². The number of halogens is 2. The number of aliphatic hydroxyl groups excluding tert-OH is 1. The molecule has 0 atom stereocenters. The standard InChI is InChI=1S/C9H8ClFO/c10-8-3-4-9(11)7(6-8)2-1-5-12/h1-4,6,12H,5H2. The molecule has 0 aromatic heterocycles. The summed E-state index contributed by atoms with van der Waals surface area (Å²) in [6, 6.07) is 4.27. The zero-order valence-electron chi connectivity index (χ0n) is 6.30. The summed E-state index contributed by atoms with van der Waals surface area (Å²) in [6.45, 7) is -0.105. The monoisotopic (exact) mass is 186 g/mol. The summed E-state index contributed by atoms with van der Waals surface area (Å²) in [4.78, 5) is 0. The van der Waals surface area contributed by atoms with Crippen LogP contribution in [-0.2, 0) is 0 Å². The molecule has 0 bridgehead atoms. The van der Waals surface area contributed by atoms with Gasteiger partial charge in [-0.2, -0.15) is 0 Å². The van der Waals surface area contributed by atoms with Crippen molar-refractivity contribution in [3.05, 3.63) is 40.7 Å². The number of benzene rings is 1. The van der Waals surface area contributed by atoms with E-state index in [0.717, 1.165) is 0 Å². The molecule has 0 heterocycles. The molecule has 0 saturated heterocycles. The largest absolute Gasteiger partial charge is 0.392 e. The Hall–Kier alpha value is -0.860. The Labute approximate surface area is 75.1 Å². The van der Waals surface area contributed by atoms with Crippen LogP contribution in [0.1, 0.15) is 5.56 Å². The minimum Gasteiger partial charge on any atom is -0.392 e. The van der Waals surface area contributed by atoms with Crippen LogP contribution in [0.2, 0.25) is 5.02 Å². The number of aliphatic hydroxyl groups is 1. The molecule has 0 aliphatic rings. The summed E-state index contributed by atoms with van der Waals surface area (Å²) in [5.41, 5.74) is 0.386. The van der Waals surface area contributed by atoms with Crippen molar-refractivity contribution in [1.29, 1.82) is 0 Å². The second-order valence-corrected chi connectivity index (χ2v) is 2.69. The van der Waals surface area contributed by atoms with Crippen molar-refractivity contribution >= 4 is 17.7 Å². The van der Waals surface area contributed by atoms with Gasteiger partial charge in [-0.1, -0.05) is 23.8 Å². The van der Waals surface area contributed by atoms with Gasteiger partial charge in [0.1, 0.15) is 5.82 Å². The first kappa shape index (κ1) is 9.23. The first-order valence-corrected chi connectivity index (χ1v) is 3.84. The van der Waals surface area contributed by atoms with E-state index < -0.39 is 0 Å². The maximum Gasteiger partial charge on any atom is 0.130 e. The lowest BCUT2D eigenvalue weighted by atomic mass is 10.2. The van der Waals surface area contributed by atoms with Crippen LogP contribution in [0.5, 0.6) is 0 Å². The van der Waals surface area contributed by atoms with Crippen LogP contribution in [0, 0.1) is 5.82 Å². The molecule has 1 N–H and O–H groups in total. The third-order valence-electron chi connectivity index (χ3n) is 1.36. The van der Waals surface area contributed by atoms with Crippen LogP contribution >= 0.6 is 11.6 Å². The van der Waals surface area contributed by atoms with Gasteiger partial charge in [-0.3, -0.25) is 0 Å². The molecule has 1 nitrogen and oxygen atoms in total. The maximum absolute atomic E-state index is 12.9. The Kier molecular flexibility index (Phi) is 3.26. The summed E-state index contributed by atoms with van der Waals surface area (Å²) in [7, 11) is 0. The third-order valence-corrected chi connectivity index (χ3v) is 1.60. The fourth-order valence-corrected chi connectivity index (χ4v) is 1.00. The molecule has 1 aromatic carbocycles. The Morgan fingerprint density at radius 3 is 2.92 bits per heavy atom. The Morgan fingerprint density at radius 2 is 2.25 bits per heavy atom. The zero-order chi connectivity index (χ0) is 8.97. The highest BCUT2D eigenvalue weighted by Gasteiger charge is 1.97. The van der Waals surface area contributed by atoms with Gasteiger partial charge in [0.25, 0.3) is 0 Å². The molecule has 0 fully saturated rings. The number of hydrogen-bond acceptors (Lipinski definition) is 1. The SMILES string of the molecule is OCC=Cc1cc(Cl)ccc1F. The van der Waals surface area contributed by atoms with Gasteiger partial charge in [0.2, 0.25) is 0 Å². The first-order chi connectivity index (χ1) is 5.74. The van der Waals surface area contributed by atoms with Gasteiger partial charge in [-0.25, -0.2) is 4.39 Å². The minimum absolute atomic E-state index is 0.105. The molecule has 64 valence electrons. The van der Waals surface area contributed by atoms with Gasteiger partial charge in [0.15, 0.2) is 0 Å². The topological polar surface area (TPSA) is 20.2 Å². The Bertz CT molecular complexity index is 297. The summed E-state index contributed by atoms with van der Waals surface area (Å²) in [5, 5.41) is 8.93. The van der Waals surface area contributed by atoms with E-state index in [1.165, 1.54) is 30.4 Å². The second kappa shape index (κ2) is 4.24. The van der Waals surface area contributed by atoms with E-state index >= 15 is 0 Å². The van der Waals surface area contributed by atoms with E-state index in [9.17, 15) is 4.39 Å². The zero-order valence-corrected chi connectivity index (χ0v) is 7.05. The molecule has 3 heteroatoms. The van der Waals surface area contributed by atoms with Crippen LogP contribution in [0.15, 0.2) is 24.3 Å². The van der Waals surface area contributed by atoms with Gasteiger partial charge in [0, 0.05) is 10.6 Å². The normalized spacial score (nSPS) is 10.9. The molecule has 0 amide bonds. The Morgan fingerprint density at radius 1 is 1.50 bits per heavy atom. The van der Waals surface area contributed by atoms with Gasteiger partial charge >= 0.3 is 0 Å². The van der Waals surface area contributed by atoms with Crippen molar-refractivity contribution in [2.45, 2.75) is 0 Å². The van der Waals surface area contributed by atoms with Gasteiger partial charge in [-0.15, -0.1) is 0 Å². The van der Waals surface area contributed by atoms with E-state index in [1.54, 1.807) is 0 Å². The minimum atomic E-state index is -0.343. The molecule has 0 aliphatic carbocycles. The Balaban J connectivity index is 2.97. The van der Waals surface area contributed by atoms with Crippen LogP contribution in [-0.4, -0.2) is 11.7 Å². The third kappa shape index (κ3) is 2.32. The molecule has 1 aromatic rings. The molecule has 0 spiro atoms. The fourth-order valence-electron chi connectivity index (χ4n) is 0.822. The van der Waals surface area contributed by atoms with E-state index in [2.05, 4.69) is 0 Å². The van der Waals surface area contributed by atoms with E-state index in [1.807, 2.05) is 0 Å². The van der Waals surface area contributed by atoms with Gasteiger partial charge < -0.3 is 5.11 Å². The average Bonchev–Trinajstić information content (AvgIpc) is 2.07. The van der Waals surface area contributed by atoms with Gasteiger partial charge in [-0.05, 0) is 18.2 Å². The van der Waals surface area contributed by atoms with E-state index in [0.29, 0.717) is 10.6 Å². The number of hydrogen-bond donors (Lipinski definition) is 1. The average molecular weight is 187 g/mol. The highest BCUT2D eigenvalue weighted by atomic mass is 35.5. The lowest BCUT2D eigenvalue weighted by molar-refractivity contribution is 0.343. The van der Waals surface area contributed by atoms with E-state index in [-0.39, 0.29) is 12.4 Å². The predicted molar refractivity (Wildman–Crippen MR) is 47.5 cm³/mol. The number of rotatable bonds is 2. The molecular weight excluding hydrogens is 179 g/mol. The molecule has 0 aliphatic heterocycles. The molecule has 0 saturated carbocycles. The van der Waals surface area contributed by atoms with Crippen molar-refractivity contribution in [3.8, 4) is 0 Å². The highest BCUT2D eigenvalue weighted by molar-refractivity contribution is 6.30. The van der Waals surface area contributed by atoms with Crippen molar-refractivity contribution in [1.82, 2.24) is 0 Å². The molecule has 12 heavy (non-hydrogen) atoms. The van der Waals surface area contributed by atoms with Crippen molar-refractivity contribution in [3.63, 3.8) is 0 Å². The summed E-state index contributed by atoms with van der Waals surface area (Å²) in [6.07, 6.45) is 2.94. The lowest BCUT2D eigenvalue weighted by Crippen LogP contribution is -1.81. The fraction of sp³-hybridized carbons (Fsp3) is 0.111. The van der Waals surface area contributed by atoms with Gasteiger partial charge in [0.05, 0.1) is 6.61 Å². The van der Waals surface area contributed by atoms with Crippen LogP contribution in [0.25, 0.3) is 6.08 Å². The summed E-state index contributed by atoms with van der Waals surface area (Å²) < 4.78 is 12.9. The summed E-state index contributed by atoms with van der Waals surface area (Å²) >= 11 is 5.63. The first-order valence-electron chi connectivity index (χ1n) is 3.46. The van der Waals surface area contributed by atoms with Crippen LogP contribution in [0.3, 0.4) is 0 Å². The smallest absolute Gasteiger partial charge is 0.130 e. The van der Waals surface area contributed by atoms with Crippen LogP contribution < -0.4 is 0 Å². The molecular formula is C9H8ClFO. The predicted octanol–water partition coefficient (Wildman–Crippen LogP) is 2.48. The maximum atomic E-state index is 12.9. The quantitative estimate of drug-likeness (QED) is 0.753. The molecule has 0 unspecified atom stereocenters. The molecule has 0 radical (unpaired) electrons. The van der Waals surface area contributed by atoms with Crippen LogP contribution in [0.4, 0.5) is 4.39 Å². The highest BCUT2D eigenvalue weighted by Crippen LogP contribution is 2.15. The van der Waals surface area contributed by atoms with Crippen molar-refractivity contribution < 1.29 is 9.50 Å². The molecule has 1 rings (SSSR count). The van der Waals surface area contributed by atoms with Crippen molar-refractivity contribution in [2.24, 2.45) is 0 Å². The summed E-state index contributed by atoms with van der Waals surface area (Å²) in [5.74, 6) is -0.343. The van der Waals surface area contributed by atoms with Crippen molar-refractivity contribution in [2.75, 3.05) is 6.61 Å². The second-order valence-electron chi connectivity index (χ2n) is 2.25. The lowest BCUT2D eigenvalue weighted by Gasteiger charge is -1.96.